The molecule has 8 nitrogen and oxygen atoms in total. The second-order valence-corrected chi connectivity index (χ2v) is 5.43. The molecule has 22 heavy (non-hydrogen) atoms. The monoisotopic (exact) mass is 316 g/mol. The zero-order valence-corrected chi connectivity index (χ0v) is 13.5. The van der Waals surface area contributed by atoms with Crippen LogP contribution in [0.1, 0.15) is 27.2 Å². The van der Waals surface area contributed by atoms with Gasteiger partial charge in [-0.05, 0) is 5.92 Å². The summed E-state index contributed by atoms with van der Waals surface area (Å²) in [6.07, 6.45) is 0.192. The Labute approximate surface area is 129 Å². The first-order chi connectivity index (χ1) is 10.1. The lowest BCUT2D eigenvalue weighted by molar-refractivity contribution is -0.162. The normalized spacial score (nSPS) is 13.4. The zero-order chi connectivity index (χ0) is 17.4. The standard InChI is InChI=1S/C14H24N2O6/c1-7(2)6-9(17)16-11(12(15)18)8(3)10(13(19)21-4)14(20)22-5/h7-8,10-11H,6H2,1-5H3,(H2,15,18)(H,16,17)/t8-,11+/m0/s1. The highest BCUT2D eigenvalue weighted by Crippen LogP contribution is 2.19. The van der Waals surface area contributed by atoms with Crippen molar-refractivity contribution < 1.29 is 28.7 Å². The van der Waals surface area contributed by atoms with Gasteiger partial charge < -0.3 is 20.5 Å². The van der Waals surface area contributed by atoms with Crippen molar-refractivity contribution in [3.05, 3.63) is 0 Å². The number of nitrogens with two attached hydrogens (primary N) is 1. The fourth-order valence-corrected chi connectivity index (χ4v) is 2.04. The summed E-state index contributed by atoms with van der Waals surface area (Å²) in [5.41, 5.74) is 5.28. The van der Waals surface area contributed by atoms with E-state index in [0.717, 1.165) is 14.2 Å². The second-order valence-electron chi connectivity index (χ2n) is 5.43. The van der Waals surface area contributed by atoms with Crippen LogP contribution in [0.5, 0.6) is 0 Å². The number of hydrogen-bond acceptors (Lipinski definition) is 6. The van der Waals surface area contributed by atoms with Gasteiger partial charge in [-0.3, -0.25) is 19.2 Å². The SMILES string of the molecule is COC(=O)C(C(=O)OC)[C@H](C)[C@@H](NC(=O)CC(C)C)C(N)=O. The Morgan fingerprint density at radius 2 is 1.45 bits per heavy atom. The molecule has 0 rings (SSSR count). The summed E-state index contributed by atoms with van der Waals surface area (Å²) >= 11 is 0. The van der Waals surface area contributed by atoms with Gasteiger partial charge in [0.25, 0.3) is 0 Å². The Bertz CT molecular complexity index is 419. The topological polar surface area (TPSA) is 125 Å². The van der Waals surface area contributed by atoms with Gasteiger partial charge in [0.2, 0.25) is 11.8 Å². The number of amides is 2. The van der Waals surface area contributed by atoms with Crippen LogP contribution in [0.25, 0.3) is 0 Å². The maximum atomic E-state index is 11.8. The molecule has 8 heteroatoms. The number of nitrogens with one attached hydrogen (secondary N) is 1. The summed E-state index contributed by atoms with van der Waals surface area (Å²) in [5, 5.41) is 2.46. The molecule has 2 atom stereocenters. The molecule has 2 amide bonds. The molecule has 0 aliphatic rings. The van der Waals surface area contributed by atoms with Crippen LogP contribution in [0, 0.1) is 17.8 Å². The number of esters is 2. The largest absolute Gasteiger partial charge is 0.468 e. The number of hydrogen-bond donors (Lipinski definition) is 2. The van der Waals surface area contributed by atoms with Gasteiger partial charge in [0.15, 0.2) is 5.92 Å². The fraction of sp³-hybridized carbons (Fsp3) is 0.714. The average Bonchev–Trinajstić information content (AvgIpc) is 2.42. The molecule has 0 heterocycles. The van der Waals surface area contributed by atoms with E-state index in [0.29, 0.717) is 0 Å². The van der Waals surface area contributed by atoms with Gasteiger partial charge in [-0.25, -0.2) is 0 Å². The number of carbonyl (C=O) groups is 4. The maximum absolute atomic E-state index is 11.8. The summed E-state index contributed by atoms with van der Waals surface area (Å²) in [7, 11) is 2.23. The minimum absolute atomic E-state index is 0.0841. The Morgan fingerprint density at radius 1 is 1.00 bits per heavy atom. The lowest BCUT2D eigenvalue weighted by Gasteiger charge is -2.26. The molecular weight excluding hydrogens is 292 g/mol. The van der Waals surface area contributed by atoms with Crippen molar-refractivity contribution in [3.63, 3.8) is 0 Å². The van der Waals surface area contributed by atoms with Crippen LogP contribution in [-0.2, 0) is 28.7 Å². The number of methoxy groups -OCH3 is 2. The van der Waals surface area contributed by atoms with Gasteiger partial charge in [-0.2, -0.15) is 0 Å². The predicted octanol–water partition coefficient (Wildman–Crippen LogP) is -0.399. The highest BCUT2D eigenvalue weighted by Gasteiger charge is 2.41. The van der Waals surface area contributed by atoms with E-state index in [-0.39, 0.29) is 18.2 Å². The first kappa shape index (κ1) is 19.9. The van der Waals surface area contributed by atoms with E-state index in [1.165, 1.54) is 6.92 Å². The van der Waals surface area contributed by atoms with E-state index in [1.54, 1.807) is 0 Å². The molecule has 0 spiro atoms. The van der Waals surface area contributed by atoms with Crippen molar-refractivity contribution >= 4 is 23.8 Å². The Kier molecular flexibility index (Phi) is 8.14. The van der Waals surface area contributed by atoms with Gasteiger partial charge in [0.1, 0.15) is 6.04 Å². The van der Waals surface area contributed by atoms with Crippen LogP contribution in [0.15, 0.2) is 0 Å². The van der Waals surface area contributed by atoms with E-state index in [1.807, 2.05) is 13.8 Å². The minimum Gasteiger partial charge on any atom is -0.468 e. The third-order valence-corrected chi connectivity index (χ3v) is 3.18. The molecule has 0 bridgehead atoms. The molecule has 0 unspecified atom stereocenters. The minimum atomic E-state index is -1.35. The summed E-state index contributed by atoms with van der Waals surface area (Å²) in [6.45, 7) is 5.13. The van der Waals surface area contributed by atoms with E-state index >= 15 is 0 Å². The number of rotatable bonds is 8. The number of carbonyl (C=O) groups excluding carboxylic acids is 4. The molecule has 0 aromatic carbocycles. The molecule has 0 aliphatic heterocycles. The van der Waals surface area contributed by atoms with Gasteiger partial charge in [-0.15, -0.1) is 0 Å². The average molecular weight is 316 g/mol. The molecule has 0 saturated carbocycles. The maximum Gasteiger partial charge on any atom is 0.320 e. The van der Waals surface area contributed by atoms with Crippen molar-refractivity contribution in [2.75, 3.05) is 14.2 Å². The molecule has 126 valence electrons. The molecule has 0 fully saturated rings. The third-order valence-electron chi connectivity index (χ3n) is 3.18. The third kappa shape index (κ3) is 5.71. The molecule has 0 radical (unpaired) electrons. The lowest BCUT2D eigenvalue weighted by atomic mass is 9.86. The van der Waals surface area contributed by atoms with E-state index in [2.05, 4.69) is 14.8 Å². The first-order valence-electron chi connectivity index (χ1n) is 6.90. The van der Waals surface area contributed by atoms with Crippen molar-refractivity contribution in [3.8, 4) is 0 Å². The molecular formula is C14H24N2O6. The van der Waals surface area contributed by atoms with Gasteiger partial charge in [0, 0.05) is 12.3 Å². The summed E-state index contributed by atoms with van der Waals surface area (Å²) in [5.74, 6) is -5.13. The van der Waals surface area contributed by atoms with E-state index in [9.17, 15) is 19.2 Å². The summed E-state index contributed by atoms with van der Waals surface area (Å²) in [4.78, 5) is 46.9. The van der Waals surface area contributed by atoms with Crippen LogP contribution >= 0.6 is 0 Å². The quantitative estimate of drug-likeness (QED) is 0.464. The van der Waals surface area contributed by atoms with E-state index < -0.39 is 35.7 Å². The van der Waals surface area contributed by atoms with Gasteiger partial charge in [-0.1, -0.05) is 20.8 Å². The van der Waals surface area contributed by atoms with Crippen LogP contribution < -0.4 is 11.1 Å². The molecule has 0 saturated heterocycles. The van der Waals surface area contributed by atoms with Crippen molar-refractivity contribution in [1.82, 2.24) is 5.32 Å². The Balaban J connectivity index is 5.28. The van der Waals surface area contributed by atoms with Crippen LogP contribution in [0.2, 0.25) is 0 Å². The number of primary amides is 1. The van der Waals surface area contributed by atoms with Gasteiger partial charge in [0.05, 0.1) is 14.2 Å². The highest BCUT2D eigenvalue weighted by atomic mass is 16.5. The van der Waals surface area contributed by atoms with Crippen molar-refractivity contribution in [1.29, 1.82) is 0 Å². The highest BCUT2D eigenvalue weighted by molar-refractivity contribution is 5.97. The van der Waals surface area contributed by atoms with Crippen LogP contribution in [0.4, 0.5) is 0 Å². The van der Waals surface area contributed by atoms with Crippen molar-refractivity contribution in [2.45, 2.75) is 33.2 Å². The zero-order valence-electron chi connectivity index (χ0n) is 13.5. The Morgan fingerprint density at radius 3 is 1.77 bits per heavy atom. The van der Waals surface area contributed by atoms with Crippen LogP contribution in [-0.4, -0.2) is 44.0 Å². The second kappa shape index (κ2) is 9.01. The molecule has 3 N–H and O–H groups in total. The molecule has 0 aromatic rings. The Hall–Kier alpha value is -2.12. The molecule has 0 aliphatic carbocycles. The summed E-state index contributed by atoms with van der Waals surface area (Å²) in [6, 6.07) is -1.19. The smallest absolute Gasteiger partial charge is 0.320 e. The van der Waals surface area contributed by atoms with Crippen molar-refractivity contribution in [2.24, 2.45) is 23.5 Å². The van der Waals surface area contributed by atoms with E-state index in [4.69, 9.17) is 5.73 Å². The van der Waals surface area contributed by atoms with Gasteiger partial charge >= 0.3 is 11.9 Å². The summed E-state index contributed by atoms with van der Waals surface area (Å²) < 4.78 is 9.10. The first-order valence-corrected chi connectivity index (χ1v) is 6.90. The lowest BCUT2D eigenvalue weighted by Crippen LogP contribution is -2.53. The fourth-order valence-electron chi connectivity index (χ4n) is 2.04. The molecule has 0 aromatic heterocycles. The predicted molar refractivity (Wildman–Crippen MR) is 77.3 cm³/mol. The van der Waals surface area contributed by atoms with Crippen LogP contribution in [0.3, 0.4) is 0 Å². The number of ether oxygens (including phenoxy) is 2.